The Labute approximate surface area is 98.0 Å². The van der Waals surface area contributed by atoms with Gasteiger partial charge in [-0.2, -0.15) is 4.31 Å². The molecule has 0 aromatic carbocycles. The highest BCUT2D eigenvalue weighted by Crippen LogP contribution is 2.12. The summed E-state index contributed by atoms with van der Waals surface area (Å²) in [5.41, 5.74) is 5.88. The summed E-state index contributed by atoms with van der Waals surface area (Å²) in [5.74, 6) is 0.276. The van der Waals surface area contributed by atoms with Gasteiger partial charge in [0.2, 0.25) is 10.0 Å². The van der Waals surface area contributed by atoms with Gasteiger partial charge in [-0.15, -0.1) is 0 Å². The van der Waals surface area contributed by atoms with Crippen molar-refractivity contribution in [3.05, 3.63) is 0 Å². The van der Waals surface area contributed by atoms with Crippen LogP contribution in [0.2, 0.25) is 0 Å². The van der Waals surface area contributed by atoms with Crippen LogP contribution in [0.4, 0.5) is 0 Å². The first kappa shape index (κ1) is 13.9. The zero-order valence-electron chi connectivity index (χ0n) is 10.1. The highest BCUT2D eigenvalue weighted by Gasteiger charge is 2.27. The molecule has 1 saturated heterocycles. The molecule has 1 fully saturated rings. The van der Waals surface area contributed by atoms with Crippen LogP contribution >= 0.6 is 0 Å². The van der Waals surface area contributed by atoms with Crippen molar-refractivity contribution >= 4 is 10.0 Å². The fraction of sp³-hybridized carbons (Fsp3) is 1.00. The molecule has 16 heavy (non-hydrogen) atoms. The van der Waals surface area contributed by atoms with Gasteiger partial charge in [-0.25, -0.2) is 8.42 Å². The zero-order chi connectivity index (χ0) is 12.2. The lowest BCUT2D eigenvalue weighted by atomic mass is 10.0. The average Bonchev–Trinajstić information content (AvgIpc) is 2.28. The lowest BCUT2D eigenvalue weighted by Gasteiger charge is -2.28. The summed E-state index contributed by atoms with van der Waals surface area (Å²) in [4.78, 5) is 0. The largest absolute Gasteiger partial charge is 0.379 e. The summed E-state index contributed by atoms with van der Waals surface area (Å²) in [5, 5.41) is 0. The van der Waals surface area contributed by atoms with E-state index in [2.05, 4.69) is 0 Å². The van der Waals surface area contributed by atoms with Crippen molar-refractivity contribution in [2.45, 2.75) is 26.3 Å². The third-order valence-corrected chi connectivity index (χ3v) is 5.10. The van der Waals surface area contributed by atoms with Crippen LogP contribution in [0.3, 0.4) is 0 Å². The molecule has 0 amide bonds. The number of hydrogen-bond acceptors (Lipinski definition) is 4. The fourth-order valence-electron chi connectivity index (χ4n) is 1.64. The summed E-state index contributed by atoms with van der Waals surface area (Å²) in [6.45, 7) is 5.88. The maximum Gasteiger partial charge on any atom is 0.215 e. The van der Waals surface area contributed by atoms with Gasteiger partial charge in [-0.1, -0.05) is 20.3 Å². The van der Waals surface area contributed by atoms with Crippen LogP contribution in [0.5, 0.6) is 0 Å². The van der Waals surface area contributed by atoms with Crippen molar-refractivity contribution in [2.24, 2.45) is 11.7 Å². The number of morpholine rings is 1. The van der Waals surface area contributed by atoms with E-state index in [4.69, 9.17) is 10.5 Å². The lowest BCUT2D eigenvalue weighted by Crippen LogP contribution is -2.46. The van der Waals surface area contributed by atoms with Crippen LogP contribution < -0.4 is 5.73 Å². The van der Waals surface area contributed by atoms with E-state index >= 15 is 0 Å². The Balaban J connectivity index is 2.56. The molecule has 1 aliphatic rings. The molecule has 1 heterocycles. The van der Waals surface area contributed by atoms with Gasteiger partial charge in [-0.05, 0) is 5.92 Å². The third-order valence-electron chi connectivity index (χ3n) is 3.14. The summed E-state index contributed by atoms with van der Waals surface area (Å²) >= 11 is 0. The Morgan fingerprint density at radius 1 is 1.38 bits per heavy atom. The minimum Gasteiger partial charge on any atom is -0.379 e. The normalized spacial score (nSPS) is 22.9. The molecule has 0 saturated carbocycles. The highest BCUT2D eigenvalue weighted by atomic mass is 32.2. The van der Waals surface area contributed by atoms with Gasteiger partial charge >= 0.3 is 0 Å². The molecule has 96 valence electrons. The molecule has 0 radical (unpaired) electrons. The molecule has 2 unspecified atom stereocenters. The first-order valence-electron chi connectivity index (χ1n) is 5.78. The van der Waals surface area contributed by atoms with Gasteiger partial charge in [0, 0.05) is 19.1 Å². The molecule has 2 N–H and O–H groups in total. The van der Waals surface area contributed by atoms with Crippen LogP contribution in [0.15, 0.2) is 0 Å². The third kappa shape index (κ3) is 3.69. The monoisotopic (exact) mass is 250 g/mol. The summed E-state index contributed by atoms with van der Waals surface area (Å²) in [6.07, 6.45) is 0.903. The van der Waals surface area contributed by atoms with Crippen LogP contribution in [0.1, 0.15) is 20.3 Å². The van der Waals surface area contributed by atoms with E-state index in [0.717, 1.165) is 6.42 Å². The van der Waals surface area contributed by atoms with E-state index < -0.39 is 10.0 Å². The maximum atomic E-state index is 12.0. The summed E-state index contributed by atoms with van der Waals surface area (Å²) in [6, 6.07) is -0.280. The second-order valence-corrected chi connectivity index (χ2v) is 6.35. The van der Waals surface area contributed by atoms with E-state index in [-0.39, 0.29) is 17.7 Å². The molecule has 6 heteroatoms. The second kappa shape index (κ2) is 5.95. The van der Waals surface area contributed by atoms with E-state index in [1.54, 1.807) is 0 Å². The first-order valence-corrected chi connectivity index (χ1v) is 7.39. The number of sulfonamides is 1. The van der Waals surface area contributed by atoms with Crippen molar-refractivity contribution in [2.75, 3.05) is 32.1 Å². The van der Waals surface area contributed by atoms with Gasteiger partial charge in [0.05, 0.1) is 19.0 Å². The van der Waals surface area contributed by atoms with E-state index in [1.165, 1.54) is 4.31 Å². The van der Waals surface area contributed by atoms with E-state index in [1.807, 2.05) is 13.8 Å². The summed E-state index contributed by atoms with van der Waals surface area (Å²) in [7, 11) is -3.21. The molecule has 2 atom stereocenters. The molecular weight excluding hydrogens is 228 g/mol. The molecule has 5 nitrogen and oxygen atoms in total. The van der Waals surface area contributed by atoms with Gasteiger partial charge < -0.3 is 10.5 Å². The topological polar surface area (TPSA) is 72.6 Å². The SMILES string of the molecule is CCC(C)C(N)CS(=O)(=O)N1CCOCC1. The number of nitrogens with zero attached hydrogens (tertiary/aromatic N) is 1. The molecule has 1 aliphatic heterocycles. The Bertz CT molecular complexity index is 299. The Morgan fingerprint density at radius 2 is 1.94 bits per heavy atom. The van der Waals surface area contributed by atoms with Gasteiger partial charge in [0.1, 0.15) is 0 Å². The van der Waals surface area contributed by atoms with Crippen molar-refractivity contribution in [1.82, 2.24) is 4.31 Å². The van der Waals surface area contributed by atoms with Crippen LogP contribution in [-0.2, 0) is 14.8 Å². The molecule has 0 spiro atoms. The molecular formula is C10H22N2O3S. The van der Waals surface area contributed by atoms with E-state index in [0.29, 0.717) is 26.3 Å². The van der Waals surface area contributed by atoms with Crippen molar-refractivity contribution in [3.8, 4) is 0 Å². The molecule has 0 aromatic rings. The van der Waals surface area contributed by atoms with Gasteiger partial charge in [0.25, 0.3) is 0 Å². The highest BCUT2D eigenvalue weighted by molar-refractivity contribution is 7.89. The van der Waals surface area contributed by atoms with Crippen LogP contribution in [0, 0.1) is 5.92 Å². The second-order valence-electron chi connectivity index (χ2n) is 4.34. The van der Waals surface area contributed by atoms with Crippen molar-refractivity contribution in [3.63, 3.8) is 0 Å². The Kier molecular flexibility index (Phi) is 5.17. The molecule has 0 bridgehead atoms. The Morgan fingerprint density at radius 3 is 2.44 bits per heavy atom. The Hall–Kier alpha value is -0.170. The fourth-order valence-corrected chi connectivity index (χ4v) is 3.37. The lowest BCUT2D eigenvalue weighted by molar-refractivity contribution is 0.0729. The predicted octanol–water partition coefficient (Wildman–Crippen LogP) is 0.0218. The minimum absolute atomic E-state index is 0.0437. The number of ether oxygens (including phenoxy) is 1. The van der Waals surface area contributed by atoms with Crippen molar-refractivity contribution in [1.29, 1.82) is 0 Å². The van der Waals surface area contributed by atoms with Crippen LogP contribution in [0.25, 0.3) is 0 Å². The summed E-state index contributed by atoms with van der Waals surface area (Å²) < 4.78 is 30.6. The molecule has 1 rings (SSSR count). The number of nitrogens with two attached hydrogens (primary N) is 1. The first-order chi connectivity index (χ1) is 7.47. The van der Waals surface area contributed by atoms with Gasteiger partial charge in [0.15, 0.2) is 0 Å². The average molecular weight is 250 g/mol. The van der Waals surface area contributed by atoms with Crippen LogP contribution in [-0.4, -0.2) is 50.8 Å². The number of hydrogen-bond donors (Lipinski definition) is 1. The van der Waals surface area contributed by atoms with E-state index in [9.17, 15) is 8.42 Å². The predicted molar refractivity (Wildman–Crippen MR) is 63.6 cm³/mol. The smallest absolute Gasteiger partial charge is 0.215 e. The quantitative estimate of drug-likeness (QED) is 0.746. The maximum absolute atomic E-state index is 12.0. The molecule has 0 aromatic heterocycles. The minimum atomic E-state index is -3.21. The number of rotatable bonds is 5. The van der Waals surface area contributed by atoms with Crippen molar-refractivity contribution < 1.29 is 13.2 Å². The van der Waals surface area contributed by atoms with Gasteiger partial charge in [-0.3, -0.25) is 0 Å². The molecule has 0 aliphatic carbocycles. The zero-order valence-corrected chi connectivity index (χ0v) is 10.9. The standard InChI is InChI=1S/C10H22N2O3S/c1-3-9(2)10(11)8-16(13,14)12-4-6-15-7-5-12/h9-10H,3-8,11H2,1-2H3.